The minimum Gasteiger partial charge on any atom is -0.478 e. The van der Waals surface area contributed by atoms with Crippen molar-refractivity contribution in [3.8, 4) is 5.75 Å². The van der Waals surface area contributed by atoms with E-state index in [9.17, 15) is 14.0 Å². The van der Waals surface area contributed by atoms with Crippen molar-refractivity contribution in [2.75, 3.05) is 0 Å². The molecule has 0 bridgehead atoms. The first-order valence-electron chi connectivity index (χ1n) is 8.07. The Labute approximate surface area is 164 Å². The summed E-state index contributed by atoms with van der Waals surface area (Å²) in [7, 11) is 0. The van der Waals surface area contributed by atoms with Gasteiger partial charge in [-0.05, 0) is 37.6 Å². The Morgan fingerprint density at radius 1 is 1.15 bits per heavy atom. The molecular formula is C19H16ClFN2O3S. The molecule has 0 saturated heterocycles. The predicted octanol–water partition coefficient (Wildman–Crippen LogP) is 4.23. The molecule has 0 fully saturated rings. The van der Waals surface area contributed by atoms with E-state index >= 15 is 0 Å². The van der Waals surface area contributed by atoms with E-state index in [1.54, 1.807) is 6.07 Å². The summed E-state index contributed by atoms with van der Waals surface area (Å²) in [5.41, 5.74) is 5.55. The Balaban J connectivity index is 1.65. The number of ether oxygens (including phenoxy) is 1. The number of benzene rings is 2. The van der Waals surface area contributed by atoms with E-state index in [4.69, 9.17) is 16.3 Å². The Hall–Kier alpha value is -2.64. The molecule has 5 nitrogen and oxygen atoms in total. The summed E-state index contributed by atoms with van der Waals surface area (Å²) in [4.78, 5) is 24.8. The maximum Gasteiger partial charge on any atom is 0.281 e. The van der Waals surface area contributed by atoms with E-state index in [0.29, 0.717) is 9.90 Å². The van der Waals surface area contributed by atoms with Crippen LogP contribution < -0.4 is 15.6 Å². The molecule has 140 valence electrons. The smallest absolute Gasteiger partial charge is 0.281 e. The highest BCUT2D eigenvalue weighted by molar-refractivity contribution is 7.21. The highest BCUT2D eigenvalue weighted by atomic mass is 35.5. The zero-order chi connectivity index (χ0) is 19.6. The number of fused-ring (bicyclic) bond motifs is 1. The number of amides is 2. The third-order valence-electron chi connectivity index (χ3n) is 3.88. The van der Waals surface area contributed by atoms with E-state index in [1.807, 2.05) is 25.1 Å². The maximum atomic E-state index is 13.6. The van der Waals surface area contributed by atoms with Crippen LogP contribution in [-0.2, 0) is 4.79 Å². The van der Waals surface area contributed by atoms with E-state index in [1.165, 1.54) is 36.5 Å². The molecule has 0 aliphatic rings. The zero-order valence-electron chi connectivity index (χ0n) is 14.5. The fourth-order valence-electron chi connectivity index (χ4n) is 2.48. The topological polar surface area (TPSA) is 67.4 Å². The largest absolute Gasteiger partial charge is 0.478 e. The summed E-state index contributed by atoms with van der Waals surface area (Å²) in [6.07, 6.45) is -1.01. The third-order valence-corrected chi connectivity index (χ3v) is 5.52. The highest BCUT2D eigenvalue weighted by Crippen LogP contribution is 2.37. The standard InChI is InChI=1S/C19H16ClFN2O3S/c1-10-6-5-9-14-15(10)16(20)17(27-14)19(25)23-22-18(24)11(2)26-13-8-4-3-7-12(13)21/h3-9,11H,1-2H3,(H,22,24)(H,23,25)/t11-/m1/s1. The Kier molecular flexibility index (Phi) is 5.62. The van der Waals surface area contributed by atoms with E-state index in [-0.39, 0.29) is 5.75 Å². The number of halogens is 2. The lowest BCUT2D eigenvalue weighted by molar-refractivity contribution is -0.128. The lowest BCUT2D eigenvalue weighted by Crippen LogP contribution is -2.47. The zero-order valence-corrected chi connectivity index (χ0v) is 16.1. The van der Waals surface area contributed by atoms with Gasteiger partial charge in [0.2, 0.25) is 0 Å². The SMILES string of the molecule is Cc1cccc2sc(C(=O)NNC(=O)[C@@H](C)Oc3ccccc3F)c(Cl)c12. The van der Waals surface area contributed by atoms with Crippen molar-refractivity contribution in [2.24, 2.45) is 0 Å². The number of hydrogen-bond donors (Lipinski definition) is 2. The number of nitrogens with one attached hydrogen (secondary N) is 2. The Bertz CT molecular complexity index is 1020. The van der Waals surface area contributed by atoms with Crippen LogP contribution in [0.2, 0.25) is 5.02 Å². The van der Waals surface area contributed by atoms with Gasteiger partial charge in [0.15, 0.2) is 17.7 Å². The van der Waals surface area contributed by atoms with Gasteiger partial charge < -0.3 is 4.74 Å². The predicted molar refractivity (Wildman–Crippen MR) is 104 cm³/mol. The molecule has 0 spiro atoms. The number of carbonyl (C=O) groups excluding carboxylic acids is 2. The van der Waals surface area contributed by atoms with Crippen molar-refractivity contribution in [1.82, 2.24) is 10.9 Å². The van der Waals surface area contributed by atoms with Crippen LogP contribution in [0, 0.1) is 12.7 Å². The van der Waals surface area contributed by atoms with Crippen LogP contribution >= 0.6 is 22.9 Å². The normalized spacial score (nSPS) is 11.9. The maximum absolute atomic E-state index is 13.6. The molecule has 0 aliphatic heterocycles. The highest BCUT2D eigenvalue weighted by Gasteiger charge is 2.21. The van der Waals surface area contributed by atoms with Gasteiger partial charge in [-0.3, -0.25) is 20.4 Å². The van der Waals surface area contributed by atoms with Crippen molar-refractivity contribution >= 4 is 44.8 Å². The quantitative estimate of drug-likeness (QED) is 0.637. The van der Waals surface area contributed by atoms with Gasteiger partial charge in [-0.1, -0.05) is 35.9 Å². The van der Waals surface area contributed by atoms with Crippen LogP contribution in [0.5, 0.6) is 5.75 Å². The van der Waals surface area contributed by atoms with Crippen molar-refractivity contribution in [3.05, 3.63) is 63.7 Å². The molecule has 1 heterocycles. The van der Waals surface area contributed by atoms with Gasteiger partial charge in [-0.2, -0.15) is 0 Å². The molecule has 0 radical (unpaired) electrons. The van der Waals surface area contributed by atoms with Crippen molar-refractivity contribution < 1.29 is 18.7 Å². The average Bonchev–Trinajstić information content (AvgIpc) is 2.99. The van der Waals surface area contributed by atoms with E-state index < -0.39 is 23.7 Å². The number of thiophene rings is 1. The summed E-state index contributed by atoms with van der Waals surface area (Å²) >= 11 is 7.57. The molecule has 2 amide bonds. The van der Waals surface area contributed by atoms with Gasteiger partial charge in [-0.15, -0.1) is 11.3 Å². The van der Waals surface area contributed by atoms with Crippen LogP contribution in [0.1, 0.15) is 22.2 Å². The van der Waals surface area contributed by atoms with Gasteiger partial charge in [-0.25, -0.2) is 4.39 Å². The minimum atomic E-state index is -1.01. The fraction of sp³-hybridized carbons (Fsp3) is 0.158. The molecule has 27 heavy (non-hydrogen) atoms. The van der Waals surface area contributed by atoms with Gasteiger partial charge in [0, 0.05) is 10.1 Å². The van der Waals surface area contributed by atoms with Crippen LogP contribution in [0.4, 0.5) is 4.39 Å². The van der Waals surface area contributed by atoms with Gasteiger partial charge in [0.05, 0.1) is 5.02 Å². The van der Waals surface area contributed by atoms with Crippen molar-refractivity contribution in [1.29, 1.82) is 0 Å². The molecule has 8 heteroatoms. The van der Waals surface area contributed by atoms with Crippen molar-refractivity contribution in [3.63, 3.8) is 0 Å². The molecule has 2 aromatic carbocycles. The number of rotatable bonds is 4. The molecule has 2 N–H and O–H groups in total. The number of hydrazine groups is 1. The number of aryl methyl sites for hydroxylation is 1. The first kappa shape index (κ1) is 19.1. The summed E-state index contributed by atoms with van der Waals surface area (Å²) in [5, 5.41) is 1.16. The monoisotopic (exact) mass is 406 g/mol. The average molecular weight is 407 g/mol. The van der Waals surface area contributed by atoms with Gasteiger partial charge >= 0.3 is 0 Å². The Morgan fingerprint density at radius 2 is 1.89 bits per heavy atom. The molecule has 1 aromatic heterocycles. The second-order valence-corrected chi connectivity index (χ2v) is 7.26. The van der Waals surface area contributed by atoms with Crippen LogP contribution in [-0.4, -0.2) is 17.9 Å². The van der Waals surface area contributed by atoms with Crippen LogP contribution in [0.3, 0.4) is 0 Å². The van der Waals surface area contributed by atoms with Crippen LogP contribution in [0.15, 0.2) is 42.5 Å². The van der Waals surface area contributed by atoms with E-state index in [2.05, 4.69) is 10.9 Å². The molecule has 0 aliphatic carbocycles. The molecule has 0 unspecified atom stereocenters. The van der Waals surface area contributed by atoms with Gasteiger partial charge in [0.25, 0.3) is 11.8 Å². The molecular weight excluding hydrogens is 391 g/mol. The lowest BCUT2D eigenvalue weighted by atomic mass is 10.1. The fourth-order valence-corrected chi connectivity index (χ4v) is 4.06. The summed E-state index contributed by atoms with van der Waals surface area (Å²) < 4.78 is 19.7. The van der Waals surface area contributed by atoms with Crippen molar-refractivity contribution in [2.45, 2.75) is 20.0 Å². The Morgan fingerprint density at radius 3 is 2.59 bits per heavy atom. The lowest BCUT2D eigenvalue weighted by Gasteiger charge is -2.15. The molecule has 0 saturated carbocycles. The second-order valence-electron chi connectivity index (χ2n) is 5.83. The number of para-hydroxylation sites is 1. The first-order chi connectivity index (χ1) is 12.9. The summed E-state index contributed by atoms with van der Waals surface area (Å²) in [6, 6.07) is 11.4. The molecule has 3 rings (SSSR count). The minimum absolute atomic E-state index is 0.0468. The van der Waals surface area contributed by atoms with Gasteiger partial charge in [0.1, 0.15) is 4.88 Å². The summed E-state index contributed by atoms with van der Waals surface area (Å²) in [5.74, 6) is -1.78. The third kappa shape index (κ3) is 4.04. The number of hydrogen-bond acceptors (Lipinski definition) is 4. The first-order valence-corrected chi connectivity index (χ1v) is 9.27. The second kappa shape index (κ2) is 7.94. The number of carbonyl (C=O) groups is 2. The van der Waals surface area contributed by atoms with E-state index in [0.717, 1.165) is 15.6 Å². The molecule has 1 atom stereocenters. The summed E-state index contributed by atoms with van der Waals surface area (Å²) in [6.45, 7) is 3.36. The van der Waals surface area contributed by atoms with Crippen LogP contribution in [0.25, 0.3) is 10.1 Å². The molecule has 3 aromatic rings.